The number of piperidine rings is 1. The van der Waals surface area contributed by atoms with Crippen molar-refractivity contribution in [2.75, 3.05) is 18.8 Å². The number of hydrogen-bond donors (Lipinski definition) is 1. The maximum atomic E-state index is 11.6. The van der Waals surface area contributed by atoms with Gasteiger partial charge in [-0.1, -0.05) is 0 Å². The molecule has 0 saturated carbocycles. The van der Waals surface area contributed by atoms with Crippen LogP contribution >= 0.6 is 11.6 Å². The number of nitrogens with one attached hydrogen (secondary N) is 1. The number of rotatable bonds is 4. The highest BCUT2D eigenvalue weighted by molar-refractivity contribution is 7.89. The monoisotopic (exact) mass is 282 g/mol. The summed E-state index contributed by atoms with van der Waals surface area (Å²) in [5.74, 6) is -0.0635. The third-order valence-electron chi connectivity index (χ3n) is 2.92. The second-order valence-electron chi connectivity index (χ2n) is 4.20. The molecule has 1 heterocycles. The van der Waals surface area contributed by atoms with Crippen LogP contribution in [0.5, 0.6) is 0 Å². The molecule has 1 aliphatic rings. The first kappa shape index (κ1) is 14.7. The van der Waals surface area contributed by atoms with E-state index in [2.05, 4.69) is 5.32 Å². The zero-order valence-corrected chi connectivity index (χ0v) is 11.7. The van der Waals surface area contributed by atoms with E-state index in [-0.39, 0.29) is 17.7 Å². The van der Waals surface area contributed by atoms with E-state index in [1.54, 1.807) is 13.8 Å². The summed E-state index contributed by atoms with van der Waals surface area (Å²) in [5.41, 5.74) is 0. The highest BCUT2D eigenvalue weighted by Crippen LogP contribution is 2.14. The topological polar surface area (TPSA) is 66.5 Å². The molecule has 100 valence electrons. The molecule has 0 aromatic heterocycles. The number of nitrogens with zero attached hydrogens (tertiary/aromatic N) is 1. The molecule has 0 aromatic rings. The lowest BCUT2D eigenvalue weighted by atomic mass is 10.1. The normalized spacial score (nSPS) is 21.1. The van der Waals surface area contributed by atoms with Gasteiger partial charge in [-0.25, -0.2) is 12.7 Å². The van der Waals surface area contributed by atoms with Gasteiger partial charge in [0.15, 0.2) is 0 Å². The van der Waals surface area contributed by atoms with E-state index in [1.165, 1.54) is 4.31 Å². The van der Waals surface area contributed by atoms with Gasteiger partial charge in [0.05, 0.1) is 5.75 Å². The first-order valence-corrected chi connectivity index (χ1v) is 7.83. The summed E-state index contributed by atoms with van der Waals surface area (Å²) in [6, 6.07) is 0.0343. The lowest BCUT2D eigenvalue weighted by Gasteiger charge is -2.31. The van der Waals surface area contributed by atoms with Crippen LogP contribution < -0.4 is 5.32 Å². The lowest BCUT2D eigenvalue weighted by Crippen LogP contribution is -2.48. The van der Waals surface area contributed by atoms with Crippen molar-refractivity contribution in [2.45, 2.75) is 38.1 Å². The number of alkyl halides is 1. The van der Waals surface area contributed by atoms with Gasteiger partial charge in [0.25, 0.3) is 0 Å². The van der Waals surface area contributed by atoms with Crippen LogP contribution in [0.25, 0.3) is 0 Å². The smallest absolute Gasteiger partial charge is 0.237 e. The zero-order valence-electron chi connectivity index (χ0n) is 10.1. The number of hydrogen-bond acceptors (Lipinski definition) is 3. The Labute approximate surface area is 108 Å². The number of carbonyl (C=O) groups excluding carboxylic acids is 1. The number of sulfonamides is 1. The molecule has 0 bridgehead atoms. The van der Waals surface area contributed by atoms with Gasteiger partial charge in [0, 0.05) is 19.1 Å². The van der Waals surface area contributed by atoms with Crippen LogP contribution in [0.3, 0.4) is 0 Å². The van der Waals surface area contributed by atoms with Crippen molar-refractivity contribution in [3.05, 3.63) is 0 Å². The Hall–Kier alpha value is -0.330. The SMILES string of the molecule is CCS(=O)(=O)N1CCC(NC(=O)C(C)Cl)CC1. The largest absolute Gasteiger partial charge is 0.352 e. The molecule has 1 saturated heterocycles. The summed E-state index contributed by atoms with van der Waals surface area (Å²) in [6.07, 6.45) is 1.29. The summed E-state index contributed by atoms with van der Waals surface area (Å²) in [4.78, 5) is 11.4. The van der Waals surface area contributed by atoms with E-state index in [4.69, 9.17) is 11.6 Å². The van der Waals surface area contributed by atoms with Crippen LogP contribution in [0.15, 0.2) is 0 Å². The molecule has 0 aromatic carbocycles. The fraction of sp³-hybridized carbons (Fsp3) is 0.900. The molecule has 0 radical (unpaired) electrons. The Bertz CT molecular complexity index is 362. The Morgan fingerprint density at radius 3 is 2.41 bits per heavy atom. The first-order chi connectivity index (χ1) is 7.86. The van der Waals surface area contributed by atoms with E-state index in [0.29, 0.717) is 25.9 Å². The van der Waals surface area contributed by atoms with Crippen molar-refractivity contribution in [1.29, 1.82) is 0 Å². The predicted molar refractivity (Wildman–Crippen MR) is 67.5 cm³/mol. The molecule has 1 unspecified atom stereocenters. The summed E-state index contributed by atoms with van der Waals surface area (Å²) in [7, 11) is -3.09. The molecular formula is C10H19ClN2O3S. The van der Waals surface area contributed by atoms with Crippen molar-refractivity contribution in [2.24, 2.45) is 0 Å². The van der Waals surface area contributed by atoms with Crippen LogP contribution in [0.1, 0.15) is 26.7 Å². The predicted octanol–water partition coefficient (Wildman–Crippen LogP) is 0.544. The minimum absolute atomic E-state index is 0.0343. The third-order valence-corrected chi connectivity index (χ3v) is 5.00. The lowest BCUT2D eigenvalue weighted by molar-refractivity contribution is -0.121. The van der Waals surface area contributed by atoms with Crippen LogP contribution in [0.2, 0.25) is 0 Å². The number of carbonyl (C=O) groups is 1. The molecule has 0 aliphatic carbocycles. The maximum absolute atomic E-state index is 11.6. The van der Waals surface area contributed by atoms with Crippen LogP contribution in [0.4, 0.5) is 0 Å². The minimum atomic E-state index is -3.09. The van der Waals surface area contributed by atoms with Gasteiger partial charge >= 0.3 is 0 Å². The molecule has 1 fully saturated rings. The fourth-order valence-corrected chi connectivity index (χ4v) is 2.97. The first-order valence-electron chi connectivity index (χ1n) is 5.79. The second kappa shape index (κ2) is 6.02. The van der Waals surface area contributed by atoms with Gasteiger partial charge in [-0.3, -0.25) is 4.79 Å². The van der Waals surface area contributed by atoms with Gasteiger partial charge in [-0.15, -0.1) is 11.6 Å². The van der Waals surface area contributed by atoms with E-state index < -0.39 is 15.4 Å². The molecule has 7 heteroatoms. The molecule has 5 nitrogen and oxygen atoms in total. The Balaban J connectivity index is 2.44. The van der Waals surface area contributed by atoms with Crippen molar-refractivity contribution < 1.29 is 13.2 Å². The summed E-state index contributed by atoms with van der Waals surface area (Å²) in [6.45, 7) is 4.20. The summed E-state index contributed by atoms with van der Waals surface area (Å²) >= 11 is 5.65. The Kier molecular flexibility index (Phi) is 5.22. The molecule has 0 spiro atoms. The third kappa shape index (κ3) is 4.12. The van der Waals surface area contributed by atoms with Gasteiger partial charge in [0.1, 0.15) is 5.38 Å². The molecule has 1 aliphatic heterocycles. The number of halogens is 1. The van der Waals surface area contributed by atoms with Gasteiger partial charge in [-0.05, 0) is 26.7 Å². The van der Waals surface area contributed by atoms with Gasteiger partial charge < -0.3 is 5.32 Å². The van der Waals surface area contributed by atoms with Crippen molar-refractivity contribution in [3.8, 4) is 0 Å². The fourth-order valence-electron chi connectivity index (χ4n) is 1.78. The average Bonchev–Trinajstić information content (AvgIpc) is 2.29. The minimum Gasteiger partial charge on any atom is -0.352 e. The average molecular weight is 283 g/mol. The van der Waals surface area contributed by atoms with Crippen LogP contribution in [-0.4, -0.2) is 48.9 Å². The molecule has 17 heavy (non-hydrogen) atoms. The number of amides is 1. The van der Waals surface area contributed by atoms with Crippen LogP contribution in [0, 0.1) is 0 Å². The summed E-state index contributed by atoms with van der Waals surface area (Å²) < 4.78 is 24.7. The van der Waals surface area contributed by atoms with E-state index in [1.807, 2.05) is 0 Å². The standard InChI is InChI=1S/C10H19ClN2O3S/c1-3-17(15,16)13-6-4-9(5-7-13)12-10(14)8(2)11/h8-9H,3-7H2,1-2H3,(H,12,14). The summed E-state index contributed by atoms with van der Waals surface area (Å²) in [5, 5.41) is 2.27. The molecule has 1 atom stereocenters. The van der Waals surface area contributed by atoms with Crippen molar-refractivity contribution in [1.82, 2.24) is 9.62 Å². The van der Waals surface area contributed by atoms with Gasteiger partial charge in [-0.2, -0.15) is 0 Å². The van der Waals surface area contributed by atoms with E-state index in [9.17, 15) is 13.2 Å². The highest BCUT2D eigenvalue weighted by Gasteiger charge is 2.27. The van der Waals surface area contributed by atoms with E-state index in [0.717, 1.165) is 0 Å². The van der Waals surface area contributed by atoms with Crippen LogP contribution in [-0.2, 0) is 14.8 Å². The van der Waals surface area contributed by atoms with E-state index >= 15 is 0 Å². The maximum Gasteiger partial charge on any atom is 0.237 e. The Morgan fingerprint density at radius 2 is 2.00 bits per heavy atom. The van der Waals surface area contributed by atoms with Gasteiger partial charge in [0.2, 0.25) is 15.9 Å². The van der Waals surface area contributed by atoms with Crippen molar-refractivity contribution in [3.63, 3.8) is 0 Å². The molecule has 1 N–H and O–H groups in total. The molecular weight excluding hydrogens is 264 g/mol. The molecule has 1 amide bonds. The quantitative estimate of drug-likeness (QED) is 0.766. The second-order valence-corrected chi connectivity index (χ2v) is 7.11. The van der Waals surface area contributed by atoms with Crippen molar-refractivity contribution >= 4 is 27.5 Å². The Morgan fingerprint density at radius 1 is 1.47 bits per heavy atom. The highest BCUT2D eigenvalue weighted by atomic mass is 35.5. The zero-order chi connectivity index (χ0) is 13.1. The molecule has 1 rings (SSSR count).